The van der Waals surface area contributed by atoms with Crippen LogP contribution in [0.15, 0.2) is 11.1 Å². The van der Waals surface area contributed by atoms with Gasteiger partial charge in [0, 0.05) is 16.3 Å². The summed E-state index contributed by atoms with van der Waals surface area (Å²) in [6.07, 6.45) is 0.998. The molecule has 1 amide bonds. The lowest BCUT2D eigenvalue weighted by molar-refractivity contribution is -0.119. The van der Waals surface area contributed by atoms with Gasteiger partial charge in [0.05, 0.1) is 5.75 Å². The van der Waals surface area contributed by atoms with Gasteiger partial charge in [-0.15, -0.1) is 11.3 Å². The van der Waals surface area contributed by atoms with E-state index in [1.54, 1.807) is 11.3 Å². The first-order chi connectivity index (χ1) is 9.49. The van der Waals surface area contributed by atoms with Crippen molar-refractivity contribution in [1.82, 2.24) is 15.3 Å². The fraction of sp³-hybridized carbons (Fsp3) is 0.500. The molecule has 0 aliphatic carbocycles. The first-order valence-electron chi connectivity index (χ1n) is 6.68. The zero-order valence-electron chi connectivity index (χ0n) is 12.2. The second kappa shape index (κ2) is 6.54. The Morgan fingerprint density at radius 3 is 2.85 bits per heavy atom. The zero-order chi connectivity index (χ0) is 14.7. The Morgan fingerprint density at radius 1 is 1.45 bits per heavy atom. The molecular weight excluding hydrogens is 290 g/mol. The van der Waals surface area contributed by atoms with Crippen LogP contribution in [0, 0.1) is 6.92 Å². The van der Waals surface area contributed by atoms with Crippen LogP contribution in [0.1, 0.15) is 31.5 Å². The third kappa shape index (κ3) is 3.70. The number of nitrogens with one attached hydrogen (secondary N) is 1. The molecule has 0 spiro atoms. The minimum atomic E-state index is 0.0420. The van der Waals surface area contributed by atoms with Gasteiger partial charge in [-0.2, -0.15) is 0 Å². The highest BCUT2D eigenvalue weighted by Gasteiger charge is 2.12. The first kappa shape index (κ1) is 15.3. The van der Waals surface area contributed by atoms with Gasteiger partial charge in [-0.25, -0.2) is 9.97 Å². The van der Waals surface area contributed by atoms with Crippen molar-refractivity contribution in [3.8, 4) is 0 Å². The van der Waals surface area contributed by atoms with Crippen molar-refractivity contribution in [1.29, 1.82) is 0 Å². The smallest absolute Gasteiger partial charge is 0.230 e. The van der Waals surface area contributed by atoms with Gasteiger partial charge in [-0.1, -0.05) is 18.7 Å². The van der Waals surface area contributed by atoms with Crippen molar-refractivity contribution in [2.75, 3.05) is 5.75 Å². The molecule has 1 N–H and O–H groups in total. The summed E-state index contributed by atoms with van der Waals surface area (Å²) in [5.74, 6) is 1.19. The average molecular weight is 309 g/mol. The van der Waals surface area contributed by atoms with E-state index < -0.39 is 0 Å². The Labute approximate surface area is 127 Å². The maximum absolute atomic E-state index is 11.7. The fourth-order valence-electron chi connectivity index (χ4n) is 1.83. The maximum Gasteiger partial charge on any atom is 0.230 e. The summed E-state index contributed by atoms with van der Waals surface area (Å²) in [6.45, 7) is 7.95. The normalized spacial score (nSPS) is 11.2. The molecule has 2 rings (SSSR count). The lowest BCUT2D eigenvalue weighted by atomic mass is 10.3. The van der Waals surface area contributed by atoms with E-state index in [0.29, 0.717) is 5.75 Å². The van der Waals surface area contributed by atoms with Gasteiger partial charge in [-0.05, 0) is 33.3 Å². The Kier molecular flexibility index (Phi) is 4.99. The lowest BCUT2D eigenvalue weighted by Crippen LogP contribution is -2.31. The molecule has 0 unspecified atom stereocenters. The molecule has 4 nitrogen and oxygen atoms in total. The number of fused-ring (bicyclic) bond motifs is 1. The van der Waals surface area contributed by atoms with Crippen LogP contribution in [0.4, 0.5) is 0 Å². The fourth-order valence-corrected chi connectivity index (χ4v) is 3.76. The number of thiophene rings is 1. The van der Waals surface area contributed by atoms with Gasteiger partial charge in [0.25, 0.3) is 0 Å². The molecule has 0 bridgehead atoms. The van der Waals surface area contributed by atoms with Gasteiger partial charge < -0.3 is 5.32 Å². The third-order valence-electron chi connectivity index (χ3n) is 2.66. The van der Waals surface area contributed by atoms with Gasteiger partial charge in [0.2, 0.25) is 5.91 Å². The number of thioether (sulfide) groups is 1. The van der Waals surface area contributed by atoms with Gasteiger partial charge in [-0.3, -0.25) is 4.79 Å². The Balaban J connectivity index is 2.20. The van der Waals surface area contributed by atoms with E-state index in [9.17, 15) is 4.79 Å². The van der Waals surface area contributed by atoms with E-state index in [-0.39, 0.29) is 11.9 Å². The van der Waals surface area contributed by atoms with Crippen LogP contribution in [0.3, 0.4) is 0 Å². The van der Waals surface area contributed by atoms with Crippen LogP contribution < -0.4 is 5.32 Å². The number of carbonyl (C=O) groups excluding carboxylic acids is 1. The molecule has 2 aromatic rings. The topological polar surface area (TPSA) is 54.9 Å². The van der Waals surface area contributed by atoms with E-state index in [0.717, 1.165) is 27.5 Å². The molecular formula is C14H19N3OS2. The Morgan fingerprint density at radius 2 is 2.20 bits per heavy atom. The number of aryl methyl sites for hydroxylation is 2. The van der Waals surface area contributed by atoms with Crippen molar-refractivity contribution < 1.29 is 4.79 Å². The van der Waals surface area contributed by atoms with E-state index in [2.05, 4.69) is 28.3 Å². The molecule has 0 fully saturated rings. The number of aromatic nitrogens is 2. The molecule has 0 aromatic carbocycles. The molecule has 6 heteroatoms. The van der Waals surface area contributed by atoms with Gasteiger partial charge in [0.1, 0.15) is 15.7 Å². The van der Waals surface area contributed by atoms with E-state index in [1.807, 2.05) is 20.8 Å². The minimum absolute atomic E-state index is 0.0420. The first-order valence-corrected chi connectivity index (χ1v) is 8.49. The number of nitrogens with zero attached hydrogens (tertiary/aromatic N) is 2. The summed E-state index contributed by atoms with van der Waals surface area (Å²) in [5.41, 5.74) is 0. The number of amides is 1. The van der Waals surface area contributed by atoms with Crippen molar-refractivity contribution in [3.63, 3.8) is 0 Å². The molecule has 0 radical (unpaired) electrons. The van der Waals surface area contributed by atoms with Gasteiger partial charge in [0.15, 0.2) is 0 Å². The van der Waals surface area contributed by atoms with Crippen molar-refractivity contribution in [2.24, 2.45) is 0 Å². The number of hydrogen-bond acceptors (Lipinski definition) is 5. The summed E-state index contributed by atoms with van der Waals surface area (Å²) in [6, 6.07) is 2.31. The molecule has 108 valence electrons. The summed E-state index contributed by atoms with van der Waals surface area (Å²) < 4.78 is 0. The highest BCUT2D eigenvalue weighted by atomic mass is 32.2. The molecule has 0 aliphatic rings. The van der Waals surface area contributed by atoms with E-state index in [1.165, 1.54) is 16.6 Å². The molecule has 2 heterocycles. The van der Waals surface area contributed by atoms with Crippen molar-refractivity contribution in [3.05, 3.63) is 16.8 Å². The molecule has 0 saturated carbocycles. The number of carbonyl (C=O) groups is 1. The predicted molar refractivity (Wildman–Crippen MR) is 85.5 cm³/mol. The molecule has 0 aliphatic heterocycles. The minimum Gasteiger partial charge on any atom is -0.353 e. The molecule has 2 aromatic heterocycles. The van der Waals surface area contributed by atoms with Gasteiger partial charge >= 0.3 is 0 Å². The standard InChI is InChI=1S/C14H19N3OS2/c1-5-10-6-11-13(16-9(4)17-14(11)20-10)19-7-12(18)15-8(2)3/h6,8H,5,7H2,1-4H3,(H,15,18). The van der Waals surface area contributed by atoms with Crippen LogP contribution >= 0.6 is 23.1 Å². The largest absolute Gasteiger partial charge is 0.353 e. The van der Waals surface area contributed by atoms with E-state index in [4.69, 9.17) is 0 Å². The quantitative estimate of drug-likeness (QED) is 0.681. The van der Waals surface area contributed by atoms with Crippen LogP contribution in [0.5, 0.6) is 0 Å². The Bertz CT molecular complexity index is 622. The van der Waals surface area contributed by atoms with Crippen molar-refractivity contribution >= 4 is 39.2 Å². The van der Waals surface area contributed by atoms with Crippen LogP contribution in [-0.2, 0) is 11.2 Å². The third-order valence-corrected chi connectivity index (χ3v) is 4.82. The van der Waals surface area contributed by atoms with Crippen molar-refractivity contribution in [2.45, 2.75) is 45.2 Å². The Hall–Kier alpha value is -1.14. The van der Waals surface area contributed by atoms with E-state index >= 15 is 0 Å². The SMILES string of the molecule is CCc1cc2c(SCC(=O)NC(C)C)nc(C)nc2s1. The monoisotopic (exact) mass is 309 g/mol. The summed E-state index contributed by atoms with van der Waals surface area (Å²) in [5, 5.41) is 4.87. The van der Waals surface area contributed by atoms with Crippen LogP contribution in [0.25, 0.3) is 10.2 Å². The molecule has 0 atom stereocenters. The number of rotatable bonds is 5. The highest BCUT2D eigenvalue weighted by Crippen LogP contribution is 2.31. The zero-order valence-corrected chi connectivity index (χ0v) is 13.8. The summed E-state index contributed by atoms with van der Waals surface area (Å²) in [4.78, 5) is 23.0. The second-order valence-corrected chi connectivity index (χ2v) is 6.95. The summed E-state index contributed by atoms with van der Waals surface area (Å²) in [7, 11) is 0. The average Bonchev–Trinajstić information content (AvgIpc) is 2.77. The summed E-state index contributed by atoms with van der Waals surface area (Å²) >= 11 is 3.19. The van der Waals surface area contributed by atoms with Crippen LogP contribution in [-0.4, -0.2) is 27.7 Å². The second-order valence-electron chi connectivity index (χ2n) is 4.87. The predicted octanol–water partition coefficient (Wildman–Crippen LogP) is 3.18. The highest BCUT2D eigenvalue weighted by molar-refractivity contribution is 8.00. The molecule has 0 saturated heterocycles. The lowest BCUT2D eigenvalue weighted by Gasteiger charge is -2.08. The molecule has 20 heavy (non-hydrogen) atoms. The number of hydrogen-bond donors (Lipinski definition) is 1. The maximum atomic E-state index is 11.7. The van der Waals surface area contributed by atoms with Crippen LogP contribution in [0.2, 0.25) is 0 Å².